The number of fused-ring (bicyclic) bond motifs is 1. The maximum atomic E-state index is 13.2. The van der Waals surface area contributed by atoms with Gasteiger partial charge in [-0.15, -0.1) is 0 Å². The summed E-state index contributed by atoms with van der Waals surface area (Å²) in [7, 11) is 1.60. The zero-order valence-corrected chi connectivity index (χ0v) is 21.3. The standard InChI is InChI=1S/C23H25Br2N3O3/c1-6-14(4)31-21-15(9-17(25)11-20(21)30-5)12-26-28-22(13(2)3)27-19-8-7-16(24)10-18(19)23(28)29/h7-14H,6H2,1-5H3/t14-/m0/s1. The van der Waals surface area contributed by atoms with Crippen molar-refractivity contribution in [1.29, 1.82) is 0 Å². The summed E-state index contributed by atoms with van der Waals surface area (Å²) in [6, 6.07) is 9.20. The van der Waals surface area contributed by atoms with Crippen molar-refractivity contribution >= 4 is 49.0 Å². The van der Waals surface area contributed by atoms with Gasteiger partial charge in [-0.2, -0.15) is 9.78 Å². The van der Waals surface area contributed by atoms with Crippen LogP contribution in [0.15, 0.2) is 49.2 Å². The van der Waals surface area contributed by atoms with Gasteiger partial charge in [0, 0.05) is 20.4 Å². The molecule has 0 aliphatic carbocycles. The smallest absolute Gasteiger partial charge is 0.282 e. The van der Waals surface area contributed by atoms with Crippen LogP contribution >= 0.6 is 31.9 Å². The van der Waals surface area contributed by atoms with Crippen molar-refractivity contribution in [2.75, 3.05) is 7.11 Å². The summed E-state index contributed by atoms with van der Waals surface area (Å²) in [4.78, 5) is 17.9. The lowest BCUT2D eigenvalue weighted by Crippen LogP contribution is -2.23. The molecule has 1 heterocycles. The maximum absolute atomic E-state index is 13.2. The van der Waals surface area contributed by atoms with Crippen molar-refractivity contribution in [3.63, 3.8) is 0 Å². The Kier molecular flexibility index (Phi) is 7.54. The van der Waals surface area contributed by atoms with Crippen LogP contribution in [0.1, 0.15) is 51.4 Å². The first-order chi connectivity index (χ1) is 14.7. The maximum Gasteiger partial charge on any atom is 0.282 e. The Balaban J connectivity index is 2.19. The molecule has 1 atom stereocenters. The Morgan fingerprint density at radius 1 is 1.16 bits per heavy atom. The molecule has 0 saturated heterocycles. The molecule has 0 spiro atoms. The molecule has 3 rings (SSSR count). The van der Waals surface area contributed by atoms with Gasteiger partial charge in [0.1, 0.15) is 5.82 Å². The van der Waals surface area contributed by atoms with Crippen LogP contribution in [-0.4, -0.2) is 29.1 Å². The predicted octanol–water partition coefficient (Wildman–Crippen LogP) is 6.11. The molecule has 6 nitrogen and oxygen atoms in total. The molecular weight excluding hydrogens is 526 g/mol. The van der Waals surface area contributed by atoms with Gasteiger partial charge in [0.2, 0.25) is 0 Å². The second kappa shape index (κ2) is 9.96. The highest BCUT2D eigenvalue weighted by Gasteiger charge is 2.16. The molecule has 0 amide bonds. The van der Waals surface area contributed by atoms with Crippen molar-refractivity contribution in [3.8, 4) is 11.5 Å². The number of ether oxygens (including phenoxy) is 2. The third-order valence-electron chi connectivity index (χ3n) is 4.82. The Morgan fingerprint density at radius 3 is 2.55 bits per heavy atom. The fraction of sp³-hybridized carbons (Fsp3) is 0.348. The first-order valence-corrected chi connectivity index (χ1v) is 11.6. The second-order valence-electron chi connectivity index (χ2n) is 7.51. The number of hydrogen-bond acceptors (Lipinski definition) is 5. The minimum absolute atomic E-state index is 0.00383. The number of hydrogen-bond donors (Lipinski definition) is 0. The molecule has 0 bridgehead atoms. The normalized spacial score (nSPS) is 12.6. The Labute approximate surface area is 198 Å². The van der Waals surface area contributed by atoms with Crippen LogP contribution in [-0.2, 0) is 0 Å². The van der Waals surface area contributed by atoms with E-state index in [1.165, 1.54) is 4.68 Å². The van der Waals surface area contributed by atoms with Crippen molar-refractivity contribution in [3.05, 3.63) is 61.0 Å². The van der Waals surface area contributed by atoms with Gasteiger partial charge in [0.05, 0.1) is 30.3 Å². The van der Waals surface area contributed by atoms with Crippen LogP contribution in [0.4, 0.5) is 0 Å². The molecule has 8 heteroatoms. The molecule has 0 aliphatic rings. The van der Waals surface area contributed by atoms with E-state index in [0.29, 0.717) is 33.8 Å². The highest BCUT2D eigenvalue weighted by Crippen LogP contribution is 2.35. The van der Waals surface area contributed by atoms with Crippen LogP contribution in [0.3, 0.4) is 0 Å². The van der Waals surface area contributed by atoms with Gasteiger partial charge >= 0.3 is 0 Å². The van der Waals surface area contributed by atoms with E-state index in [1.54, 1.807) is 19.4 Å². The lowest BCUT2D eigenvalue weighted by molar-refractivity contribution is 0.207. The van der Waals surface area contributed by atoms with Crippen molar-refractivity contribution in [1.82, 2.24) is 9.66 Å². The summed E-state index contributed by atoms with van der Waals surface area (Å²) >= 11 is 6.93. The molecule has 0 radical (unpaired) electrons. The highest BCUT2D eigenvalue weighted by molar-refractivity contribution is 9.10. The summed E-state index contributed by atoms with van der Waals surface area (Å²) in [5, 5.41) is 5.03. The molecule has 0 N–H and O–H groups in total. The van der Waals surface area contributed by atoms with Gasteiger partial charge < -0.3 is 9.47 Å². The van der Waals surface area contributed by atoms with Gasteiger partial charge in [-0.25, -0.2) is 4.98 Å². The second-order valence-corrected chi connectivity index (χ2v) is 9.34. The number of methoxy groups -OCH3 is 1. The summed E-state index contributed by atoms with van der Waals surface area (Å²) in [6.07, 6.45) is 2.45. The van der Waals surface area contributed by atoms with E-state index in [-0.39, 0.29) is 17.6 Å². The SMILES string of the molecule is CC[C@H](C)Oc1c(C=Nn2c(C(C)C)nc3ccc(Br)cc3c2=O)cc(Br)cc1OC. The molecule has 164 valence electrons. The van der Waals surface area contributed by atoms with Crippen LogP contribution in [0, 0.1) is 0 Å². The first-order valence-electron chi connectivity index (χ1n) is 10.1. The average molecular weight is 551 g/mol. The molecule has 0 unspecified atom stereocenters. The third-order valence-corrected chi connectivity index (χ3v) is 5.78. The summed E-state index contributed by atoms with van der Waals surface area (Å²) < 4.78 is 14.6. The Hall–Kier alpha value is -2.19. The quantitative estimate of drug-likeness (QED) is 0.333. The Morgan fingerprint density at radius 2 is 1.90 bits per heavy atom. The zero-order chi connectivity index (χ0) is 22.7. The lowest BCUT2D eigenvalue weighted by atomic mass is 10.2. The van der Waals surface area contributed by atoms with Crippen molar-refractivity contribution in [2.24, 2.45) is 5.10 Å². The number of rotatable bonds is 7. The molecule has 1 aromatic heterocycles. The molecule has 3 aromatic rings. The molecule has 0 fully saturated rings. The van der Waals surface area contributed by atoms with Gasteiger partial charge in [0.15, 0.2) is 11.5 Å². The van der Waals surface area contributed by atoms with Gasteiger partial charge in [-0.1, -0.05) is 52.6 Å². The van der Waals surface area contributed by atoms with E-state index in [4.69, 9.17) is 9.47 Å². The van der Waals surface area contributed by atoms with Crippen molar-refractivity contribution < 1.29 is 9.47 Å². The summed E-state index contributed by atoms with van der Waals surface area (Å²) in [5.74, 6) is 1.76. The number of nitrogens with zero attached hydrogens (tertiary/aromatic N) is 3. The minimum atomic E-state index is -0.224. The monoisotopic (exact) mass is 549 g/mol. The fourth-order valence-corrected chi connectivity index (χ4v) is 3.83. The molecular formula is C23H25Br2N3O3. The largest absolute Gasteiger partial charge is 0.493 e. The number of benzene rings is 2. The molecule has 2 aromatic carbocycles. The van der Waals surface area contributed by atoms with E-state index in [0.717, 1.165) is 15.4 Å². The highest BCUT2D eigenvalue weighted by atomic mass is 79.9. The van der Waals surface area contributed by atoms with Gasteiger partial charge in [-0.3, -0.25) is 4.79 Å². The van der Waals surface area contributed by atoms with E-state index >= 15 is 0 Å². The number of aromatic nitrogens is 2. The van der Waals surface area contributed by atoms with Gasteiger partial charge in [0.25, 0.3) is 5.56 Å². The van der Waals surface area contributed by atoms with Crippen molar-refractivity contribution in [2.45, 2.75) is 46.1 Å². The van der Waals surface area contributed by atoms with E-state index in [9.17, 15) is 4.79 Å². The van der Waals surface area contributed by atoms with Crippen LogP contribution in [0.2, 0.25) is 0 Å². The van der Waals surface area contributed by atoms with Crippen LogP contribution < -0.4 is 15.0 Å². The molecule has 31 heavy (non-hydrogen) atoms. The topological polar surface area (TPSA) is 65.7 Å². The van der Waals surface area contributed by atoms with E-state index in [1.807, 2.05) is 45.0 Å². The van der Waals surface area contributed by atoms with Crippen LogP contribution in [0.25, 0.3) is 10.9 Å². The molecule has 0 aliphatic heterocycles. The lowest BCUT2D eigenvalue weighted by Gasteiger charge is -2.18. The molecule has 0 saturated carbocycles. The van der Waals surface area contributed by atoms with E-state index in [2.05, 4.69) is 48.9 Å². The average Bonchev–Trinajstić information content (AvgIpc) is 2.74. The van der Waals surface area contributed by atoms with Crippen LogP contribution in [0.5, 0.6) is 11.5 Å². The van der Waals surface area contributed by atoms with E-state index < -0.39 is 0 Å². The zero-order valence-electron chi connectivity index (χ0n) is 18.1. The third kappa shape index (κ3) is 5.18. The number of halogens is 2. The van der Waals surface area contributed by atoms with Gasteiger partial charge in [-0.05, 0) is 43.7 Å². The summed E-state index contributed by atoms with van der Waals surface area (Å²) in [5.41, 5.74) is 1.12. The minimum Gasteiger partial charge on any atom is -0.493 e. The fourth-order valence-electron chi connectivity index (χ4n) is 3.02. The predicted molar refractivity (Wildman–Crippen MR) is 132 cm³/mol. The Bertz CT molecular complexity index is 1190. The summed E-state index contributed by atoms with van der Waals surface area (Å²) in [6.45, 7) is 8.02. The first kappa shape index (κ1) is 23.5.